The SMILES string of the molecule is CCCCc1ccc(-c2nc3ccccc3c(=O)n2NCc2ccc(OC)cc2)cc1. The molecule has 1 N–H and O–H groups in total. The van der Waals surface area contributed by atoms with Crippen molar-refractivity contribution in [3.8, 4) is 17.1 Å². The molecule has 3 aromatic carbocycles. The molecular weight excluding hydrogens is 386 g/mol. The lowest BCUT2D eigenvalue weighted by atomic mass is 10.1. The second-order valence-corrected chi connectivity index (χ2v) is 7.58. The van der Waals surface area contributed by atoms with E-state index in [9.17, 15) is 4.79 Å². The summed E-state index contributed by atoms with van der Waals surface area (Å²) in [7, 11) is 1.65. The fraction of sp³-hybridized carbons (Fsp3) is 0.231. The molecule has 0 radical (unpaired) electrons. The van der Waals surface area contributed by atoms with Gasteiger partial charge in [-0.3, -0.25) is 4.79 Å². The maximum absolute atomic E-state index is 13.3. The number of unbranched alkanes of at least 4 members (excludes halogenated alkanes) is 1. The number of nitrogens with one attached hydrogen (secondary N) is 1. The molecule has 0 fully saturated rings. The molecule has 1 aromatic heterocycles. The van der Waals surface area contributed by atoms with Gasteiger partial charge in [-0.05, 0) is 48.2 Å². The normalized spacial score (nSPS) is 10.9. The average Bonchev–Trinajstić information content (AvgIpc) is 2.83. The van der Waals surface area contributed by atoms with Gasteiger partial charge in [-0.1, -0.05) is 61.9 Å². The van der Waals surface area contributed by atoms with Crippen LogP contribution in [-0.2, 0) is 13.0 Å². The summed E-state index contributed by atoms with van der Waals surface area (Å²) < 4.78 is 6.79. The maximum atomic E-state index is 13.3. The van der Waals surface area contributed by atoms with E-state index in [1.165, 1.54) is 18.4 Å². The first-order valence-electron chi connectivity index (χ1n) is 10.7. The standard InChI is InChI=1S/C26H27N3O2/c1-3-4-7-19-10-14-21(15-11-19)25-28-24-9-6-5-8-23(24)26(30)29(25)27-18-20-12-16-22(31-2)17-13-20/h5-6,8-17,27H,3-4,7,18H2,1-2H3. The lowest BCUT2D eigenvalue weighted by Crippen LogP contribution is -2.31. The van der Waals surface area contributed by atoms with Crippen LogP contribution in [0.3, 0.4) is 0 Å². The Hall–Kier alpha value is -3.60. The number of nitrogens with zero attached hydrogens (tertiary/aromatic N) is 2. The van der Waals surface area contributed by atoms with E-state index in [4.69, 9.17) is 9.72 Å². The van der Waals surface area contributed by atoms with Crippen LogP contribution in [0, 0.1) is 0 Å². The Balaban J connectivity index is 1.71. The predicted molar refractivity (Wildman–Crippen MR) is 126 cm³/mol. The smallest absolute Gasteiger partial charge is 0.280 e. The van der Waals surface area contributed by atoms with Crippen molar-refractivity contribution in [2.24, 2.45) is 0 Å². The molecule has 0 saturated carbocycles. The van der Waals surface area contributed by atoms with Crippen LogP contribution in [0.25, 0.3) is 22.3 Å². The van der Waals surface area contributed by atoms with Gasteiger partial charge in [-0.25, -0.2) is 9.66 Å². The van der Waals surface area contributed by atoms with E-state index in [1.54, 1.807) is 11.8 Å². The predicted octanol–water partition coefficient (Wildman–Crippen LogP) is 5.16. The molecule has 1 heterocycles. The minimum Gasteiger partial charge on any atom is -0.497 e. The van der Waals surface area contributed by atoms with Crippen molar-refractivity contribution in [1.82, 2.24) is 9.66 Å². The summed E-state index contributed by atoms with van der Waals surface area (Å²) in [4.78, 5) is 18.1. The largest absolute Gasteiger partial charge is 0.497 e. The highest BCUT2D eigenvalue weighted by atomic mass is 16.5. The monoisotopic (exact) mass is 413 g/mol. The quantitative estimate of drug-likeness (QED) is 0.434. The number of benzene rings is 3. The van der Waals surface area contributed by atoms with E-state index in [2.05, 4.69) is 24.5 Å². The van der Waals surface area contributed by atoms with Crippen LogP contribution in [0.1, 0.15) is 30.9 Å². The molecule has 31 heavy (non-hydrogen) atoms. The van der Waals surface area contributed by atoms with E-state index in [-0.39, 0.29) is 5.56 Å². The van der Waals surface area contributed by atoms with Crippen molar-refractivity contribution in [3.05, 3.63) is 94.3 Å². The van der Waals surface area contributed by atoms with Crippen molar-refractivity contribution < 1.29 is 4.74 Å². The van der Waals surface area contributed by atoms with Crippen molar-refractivity contribution in [2.45, 2.75) is 32.7 Å². The second-order valence-electron chi connectivity index (χ2n) is 7.58. The Morgan fingerprint density at radius 3 is 2.35 bits per heavy atom. The Bertz CT molecular complexity index is 1210. The Labute approximate surface area is 182 Å². The molecule has 4 rings (SSSR count). The molecule has 0 unspecified atom stereocenters. The summed E-state index contributed by atoms with van der Waals surface area (Å²) in [5.41, 5.74) is 7.11. The summed E-state index contributed by atoms with van der Waals surface area (Å²) in [6, 6.07) is 23.6. The molecule has 4 aromatic rings. The molecule has 0 atom stereocenters. The van der Waals surface area contributed by atoms with E-state index < -0.39 is 0 Å². The molecule has 5 heteroatoms. The zero-order valence-corrected chi connectivity index (χ0v) is 18.0. The first-order valence-corrected chi connectivity index (χ1v) is 10.7. The van der Waals surface area contributed by atoms with Crippen LogP contribution in [-0.4, -0.2) is 16.8 Å². The van der Waals surface area contributed by atoms with Gasteiger partial charge in [0.25, 0.3) is 5.56 Å². The number of para-hydroxylation sites is 1. The number of ether oxygens (including phenoxy) is 1. The van der Waals surface area contributed by atoms with Gasteiger partial charge in [0.1, 0.15) is 5.75 Å². The van der Waals surface area contributed by atoms with E-state index >= 15 is 0 Å². The Morgan fingerprint density at radius 2 is 1.65 bits per heavy atom. The van der Waals surface area contributed by atoms with Gasteiger partial charge >= 0.3 is 0 Å². The molecule has 0 amide bonds. The summed E-state index contributed by atoms with van der Waals surface area (Å²) >= 11 is 0. The van der Waals surface area contributed by atoms with Gasteiger partial charge in [0.15, 0.2) is 5.82 Å². The lowest BCUT2D eigenvalue weighted by molar-refractivity contribution is 0.414. The van der Waals surface area contributed by atoms with E-state index in [0.29, 0.717) is 23.3 Å². The van der Waals surface area contributed by atoms with Crippen LogP contribution in [0.2, 0.25) is 0 Å². The summed E-state index contributed by atoms with van der Waals surface area (Å²) in [5.74, 6) is 1.41. The van der Waals surface area contributed by atoms with Gasteiger partial charge in [-0.15, -0.1) is 0 Å². The number of methoxy groups -OCH3 is 1. The fourth-order valence-corrected chi connectivity index (χ4v) is 3.59. The van der Waals surface area contributed by atoms with Crippen LogP contribution in [0.4, 0.5) is 0 Å². The van der Waals surface area contributed by atoms with Crippen LogP contribution >= 0.6 is 0 Å². The molecular formula is C26H27N3O2. The highest BCUT2D eigenvalue weighted by molar-refractivity contribution is 5.79. The lowest BCUT2D eigenvalue weighted by Gasteiger charge is -2.16. The molecule has 0 spiro atoms. The number of hydrogen-bond donors (Lipinski definition) is 1. The molecule has 0 saturated heterocycles. The van der Waals surface area contributed by atoms with Crippen LogP contribution in [0.5, 0.6) is 5.75 Å². The first-order chi connectivity index (χ1) is 15.2. The zero-order valence-electron chi connectivity index (χ0n) is 18.0. The number of aryl methyl sites for hydroxylation is 1. The average molecular weight is 414 g/mol. The number of rotatable bonds is 8. The summed E-state index contributed by atoms with van der Waals surface area (Å²) in [5, 5.41) is 0.591. The van der Waals surface area contributed by atoms with Gasteiger partial charge < -0.3 is 10.2 Å². The van der Waals surface area contributed by atoms with Gasteiger partial charge in [-0.2, -0.15) is 0 Å². The van der Waals surface area contributed by atoms with E-state index in [1.807, 2.05) is 60.7 Å². The van der Waals surface area contributed by atoms with Crippen molar-refractivity contribution in [2.75, 3.05) is 12.5 Å². The zero-order chi connectivity index (χ0) is 21.6. The Kier molecular flexibility index (Phi) is 6.32. The van der Waals surface area contributed by atoms with Gasteiger partial charge in [0, 0.05) is 5.56 Å². The molecule has 5 nitrogen and oxygen atoms in total. The van der Waals surface area contributed by atoms with Gasteiger partial charge in [0.2, 0.25) is 0 Å². The second kappa shape index (κ2) is 9.47. The third kappa shape index (κ3) is 4.61. The minimum atomic E-state index is -0.107. The van der Waals surface area contributed by atoms with Crippen LogP contribution < -0.4 is 15.7 Å². The molecule has 0 aliphatic rings. The summed E-state index contributed by atoms with van der Waals surface area (Å²) in [6.45, 7) is 2.69. The van der Waals surface area contributed by atoms with Crippen LogP contribution in [0.15, 0.2) is 77.6 Å². The highest BCUT2D eigenvalue weighted by Gasteiger charge is 2.13. The molecule has 158 valence electrons. The first kappa shape index (κ1) is 20.7. The van der Waals surface area contributed by atoms with E-state index in [0.717, 1.165) is 23.3 Å². The number of hydrogen-bond acceptors (Lipinski definition) is 4. The molecule has 0 aliphatic heterocycles. The highest BCUT2D eigenvalue weighted by Crippen LogP contribution is 2.20. The van der Waals surface area contributed by atoms with Crippen molar-refractivity contribution >= 4 is 10.9 Å². The van der Waals surface area contributed by atoms with Gasteiger partial charge in [0.05, 0.1) is 24.6 Å². The molecule has 0 aliphatic carbocycles. The van der Waals surface area contributed by atoms with Crippen molar-refractivity contribution in [1.29, 1.82) is 0 Å². The third-order valence-corrected chi connectivity index (χ3v) is 5.41. The number of fused-ring (bicyclic) bond motifs is 1. The maximum Gasteiger partial charge on any atom is 0.280 e. The minimum absolute atomic E-state index is 0.107. The van der Waals surface area contributed by atoms with Crippen molar-refractivity contribution in [3.63, 3.8) is 0 Å². The fourth-order valence-electron chi connectivity index (χ4n) is 3.59. The Morgan fingerprint density at radius 1 is 0.935 bits per heavy atom. The third-order valence-electron chi connectivity index (χ3n) is 5.41. The topological polar surface area (TPSA) is 56.2 Å². The number of aromatic nitrogens is 2. The summed E-state index contributed by atoms with van der Waals surface area (Å²) in [6.07, 6.45) is 3.40. The molecule has 0 bridgehead atoms.